The first-order valence-corrected chi connectivity index (χ1v) is 14.7. The number of hydrogen-bond donors (Lipinski definition) is 0. The lowest BCUT2D eigenvalue weighted by Crippen LogP contribution is -2.65. The molecule has 4 saturated carbocycles. The predicted octanol–water partition coefficient (Wildman–Crippen LogP) is 7.26. The molecule has 5 aliphatic carbocycles. The number of rotatable bonds is 1. The number of fused-ring (bicyclic) bond motifs is 10. The van der Waals surface area contributed by atoms with Gasteiger partial charge in [-0.1, -0.05) is 53.2 Å². The molecule has 200 valence electrons. The summed E-state index contributed by atoms with van der Waals surface area (Å²) in [6.45, 7) is 18.7. The second kappa shape index (κ2) is 7.20. The summed E-state index contributed by atoms with van der Waals surface area (Å²) < 4.78 is 11.9. The van der Waals surface area contributed by atoms with Crippen molar-refractivity contribution in [3.05, 3.63) is 11.6 Å². The molecule has 0 spiro atoms. The van der Waals surface area contributed by atoms with Crippen molar-refractivity contribution in [2.75, 3.05) is 0 Å². The highest BCUT2D eigenvalue weighted by molar-refractivity contribution is 5.79. The Morgan fingerprint density at radius 2 is 1.64 bits per heavy atom. The molecular formula is C32H48O4. The van der Waals surface area contributed by atoms with Gasteiger partial charge in [0.15, 0.2) is 0 Å². The van der Waals surface area contributed by atoms with Gasteiger partial charge in [0.05, 0.1) is 5.41 Å². The minimum atomic E-state index is -0.311. The van der Waals surface area contributed by atoms with Crippen molar-refractivity contribution in [3.63, 3.8) is 0 Å². The lowest BCUT2D eigenvalue weighted by Gasteiger charge is -2.71. The smallest absolute Gasteiger partial charge is 0.312 e. The van der Waals surface area contributed by atoms with E-state index in [9.17, 15) is 9.59 Å². The summed E-state index contributed by atoms with van der Waals surface area (Å²) in [7, 11) is 0. The number of carbonyl (C=O) groups excluding carboxylic acids is 2. The molecule has 0 unspecified atom stereocenters. The summed E-state index contributed by atoms with van der Waals surface area (Å²) in [6, 6.07) is 0. The fraction of sp³-hybridized carbons (Fsp3) is 0.875. The van der Waals surface area contributed by atoms with E-state index in [1.807, 2.05) is 0 Å². The molecule has 6 aliphatic rings. The summed E-state index contributed by atoms with van der Waals surface area (Å²) in [4.78, 5) is 24.8. The van der Waals surface area contributed by atoms with E-state index >= 15 is 0 Å². The van der Waals surface area contributed by atoms with Gasteiger partial charge in [-0.25, -0.2) is 0 Å². The van der Waals surface area contributed by atoms with Crippen LogP contribution in [0.3, 0.4) is 0 Å². The van der Waals surface area contributed by atoms with Gasteiger partial charge in [-0.05, 0) is 92.3 Å². The topological polar surface area (TPSA) is 52.6 Å². The van der Waals surface area contributed by atoms with Gasteiger partial charge in [-0.2, -0.15) is 0 Å². The van der Waals surface area contributed by atoms with Gasteiger partial charge in [0.25, 0.3) is 0 Å². The number of ether oxygens (including phenoxy) is 2. The van der Waals surface area contributed by atoms with Crippen molar-refractivity contribution < 1.29 is 19.1 Å². The van der Waals surface area contributed by atoms with Crippen LogP contribution >= 0.6 is 0 Å². The lowest BCUT2D eigenvalue weighted by molar-refractivity contribution is -0.212. The van der Waals surface area contributed by atoms with Gasteiger partial charge < -0.3 is 9.47 Å². The molecule has 0 aromatic heterocycles. The van der Waals surface area contributed by atoms with Crippen LogP contribution in [0.2, 0.25) is 0 Å². The van der Waals surface area contributed by atoms with Crippen LogP contribution < -0.4 is 0 Å². The molecule has 2 bridgehead atoms. The maximum absolute atomic E-state index is 12.9. The first-order chi connectivity index (χ1) is 16.6. The van der Waals surface area contributed by atoms with E-state index in [-0.39, 0.29) is 56.6 Å². The molecule has 10 atom stereocenters. The van der Waals surface area contributed by atoms with Gasteiger partial charge >= 0.3 is 11.9 Å². The second-order valence-corrected chi connectivity index (χ2v) is 15.7. The van der Waals surface area contributed by atoms with E-state index in [1.54, 1.807) is 12.5 Å². The third kappa shape index (κ3) is 2.83. The van der Waals surface area contributed by atoms with Crippen molar-refractivity contribution in [2.45, 2.75) is 125 Å². The molecule has 4 nitrogen and oxygen atoms in total. The molecule has 0 N–H and O–H groups in total. The van der Waals surface area contributed by atoms with Gasteiger partial charge in [0.2, 0.25) is 0 Å². The van der Waals surface area contributed by atoms with Gasteiger partial charge in [0, 0.05) is 24.2 Å². The highest BCUT2D eigenvalue weighted by Crippen LogP contribution is 2.76. The maximum atomic E-state index is 12.9. The quantitative estimate of drug-likeness (QED) is 0.283. The summed E-state index contributed by atoms with van der Waals surface area (Å²) in [6.07, 6.45) is 12.7. The maximum Gasteiger partial charge on any atom is 0.312 e. The molecule has 1 heterocycles. The van der Waals surface area contributed by atoms with Crippen LogP contribution in [-0.4, -0.2) is 24.1 Å². The van der Waals surface area contributed by atoms with Crippen LogP contribution in [0, 0.1) is 50.2 Å². The Hall–Kier alpha value is -1.32. The minimum absolute atomic E-state index is 0.00904. The molecule has 4 heteroatoms. The van der Waals surface area contributed by atoms with E-state index in [1.165, 1.54) is 19.3 Å². The lowest BCUT2D eigenvalue weighted by atomic mass is 9.33. The first-order valence-electron chi connectivity index (χ1n) is 14.7. The predicted molar refractivity (Wildman–Crippen MR) is 140 cm³/mol. The zero-order chi connectivity index (χ0) is 26.1. The zero-order valence-electron chi connectivity index (χ0n) is 24.0. The van der Waals surface area contributed by atoms with Crippen molar-refractivity contribution >= 4 is 11.9 Å². The molecule has 36 heavy (non-hydrogen) atoms. The Morgan fingerprint density at radius 3 is 2.33 bits per heavy atom. The standard InChI is InChI=1S/C32H48O4/c1-19(33)35-24-12-13-30(6)22(27(24,2)3)11-14-32(8)23(30)10-9-20-21-17-28(4)18-25(36-26(28)34)29(21,5)15-16-31(20,32)7/h9,21-25H,10-18H2,1-8H3/t21-,22+,23+,24-,25+,28+,29+,30-,31+,32+/m0/s1. The SMILES string of the molecule is CC(=O)O[C@H]1CC[C@@]2(C)[C@H](CC[C@]3(C)[C@@H]2CC=C2[C@@H]4C[C@]5(C)C[C@@H](OC5=O)[C@]4(C)CC[C@]23C)C1(C)C. The average molecular weight is 497 g/mol. The third-order valence-corrected chi connectivity index (χ3v) is 13.9. The summed E-state index contributed by atoms with van der Waals surface area (Å²) in [5, 5.41) is 0. The van der Waals surface area contributed by atoms with E-state index in [0.29, 0.717) is 17.8 Å². The molecule has 6 rings (SSSR count). The fourth-order valence-electron chi connectivity index (χ4n) is 11.5. The van der Waals surface area contributed by atoms with Crippen LogP contribution in [0.4, 0.5) is 0 Å². The summed E-state index contributed by atoms with van der Waals surface area (Å²) in [5.74, 6) is 1.55. The van der Waals surface area contributed by atoms with E-state index < -0.39 is 0 Å². The number of carbonyl (C=O) groups is 2. The molecular weight excluding hydrogens is 448 g/mol. The summed E-state index contributed by atoms with van der Waals surface area (Å²) in [5.41, 5.74) is 2.08. The molecule has 0 aromatic rings. The Labute approximate surface area is 218 Å². The molecule has 1 saturated heterocycles. The normalized spacial score (nSPS) is 54.7. The molecule has 0 amide bonds. The van der Waals surface area contributed by atoms with E-state index in [4.69, 9.17) is 9.47 Å². The number of allylic oxidation sites excluding steroid dienone is 2. The Bertz CT molecular complexity index is 1040. The Morgan fingerprint density at radius 1 is 0.917 bits per heavy atom. The van der Waals surface area contributed by atoms with Crippen LogP contribution in [0.25, 0.3) is 0 Å². The molecule has 0 radical (unpaired) electrons. The monoisotopic (exact) mass is 496 g/mol. The van der Waals surface area contributed by atoms with Crippen molar-refractivity contribution in [3.8, 4) is 0 Å². The van der Waals surface area contributed by atoms with Crippen LogP contribution in [0.15, 0.2) is 11.6 Å². The highest BCUT2D eigenvalue weighted by atomic mass is 16.6. The minimum Gasteiger partial charge on any atom is -0.462 e. The molecule has 1 aliphatic heterocycles. The van der Waals surface area contributed by atoms with Gasteiger partial charge in [-0.3, -0.25) is 9.59 Å². The van der Waals surface area contributed by atoms with Crippen molar-refractivity contribution in [1.82, 2.24) is 0 Å². The van der Waals surface area contributed by atoms with E-state index in [2.05, 4.69) is 54.5 Å². The second-order valence-electron chi connectivity index (χ2n) is 15.7. The Balaban J connectivity index is 1.39. The highest BCUT2D eigenvalue weighted by Gasteiger charge is 2.70. The largest absolute Gasteiger partial charge is 0.462 e. The fourth-order valence-corrected chi connectivity index (χ4v) is 11.5. The number of hydrogen-bond acceptors (Lipinski definition) is 4. The van der Waals surface area contributed by atoms with E-state index in [0.717, 1.165) is 38.5 Å². The summed E-state index contributed by atoms with van der Waals surface area (Å²) >= 11 is 0. The molecule has 0 aromatic carbocycles. The van der Waals surface area contributed by atoms with Crippen molar-refractivity contribution in [2.24, 2.45) is 50.2 Å². The van der Waals surface area contributed by atoms with Gasteiger partial charge in [-0.15, -0.1) is 0 Å². The van der Waals surface area contributed by atoms with Gasteiger partial charge in [0.1, 0.15) is 12.2 Å². The third-order valence-electron chi connectivity index (χ3n) is 13.9. The van der Waals surface area contributed by atoms with Crippen LogP contribution in [0.1, 0.15) is 113 Å². The Kier molecular flexibility index (Phi) is 5.00. The molecule has 5 fully saturated rings. The van der Waals surface area contributed by atoms with Crippen LogP contribution in [0.5, 0.6) is 0 Å². The zero-order valence-corrected chi connectivity index (χ0v) is 24.0. The van der Waals surface area contributed by atoms with Crippen molar-refractivity contribution in [1.29, 1.82) is 0 Å². The van der Waals surface area contributed by atoms with Crippen LogP contribution in [-0.2, 0) is 19.1 Å². The first kappa shape index (κ1) is 25.0. The number of esters is 2. The average Bonchev–Trinajstić information content (AvgIpc) is 3.04.